The van der Waals surface area contributed by atoms with E-state index < -0.39 is 0 Å². The van der Waals surface area contributed by atoms with Gasteiger partial charge in [-0.05, 0) is 12.5 Å². The van der Waals surface area contributed by atoms with Crippen LogP contribution in [0.15, 0.2) is 30.8 Å². The van der Waals surface area contributed by atoms with Crippen LogP contribution in [0.4, 0.5) is 0 Å². The molecular formula is C9H12Si. The van der Waals surface area contributed by atoms with E-state index in [0.717, 1.165) is 10.2 Å². The minimum atomic E-state index is 1.06. The quantitative estimate of drug-likeness (QED) is 0.527. The van der Waals surface area contributed by atoms with Gasteiger partial charge in [0.15, 0.2) is 0 Å². The van der Waals surface area contributed by atoms with E-state index >= 15 is 0 Å². The van der Waals surface area contributed by atoms with Crippen LogP contribution in [0.25, 0.3) is 5.20 Å². The Kier molecular flexibility index (Phi) is 2.07. The molecule has 0 aliphatic heterocycles. The number of hydrogen-bond donors (Lipinski definition) is 0. The molecule has 0 atom stereocenters. The fraction of sp³-hybridized carbons (Fsp3) is 0.111. The number of benzene rings is 1. The van der Waals surface area contributed by atoms with Crippen molar-refractivity contribution in [2.75, 3.05) is 0 Å². The van der Waals surface area contributed by atoms with Crippen LogP contribution in [0.2, 0.25) is 0 Å². The second kappa shape index (κ2) is 2.84. The van der Waals surface area contributed by atoms with E-state index in [0.29, 0.717) is 0 Å². The van der Waals surface area contributed by atoms with Crippen molar-refractivity contribution in [2.24, 2.45) is 0 Å². The first-order chi connectivity index (χ1) is 4.70. The average Bonchev–Trinajstić information content (AvgIpc) is 1.88. The van der Waals surface area contributed by atoms with Gasteiger partial charge in [-0.25, -0.2) is 0 Å². The summed E-state index contributed by atoms with van der Waals surface area (Å²) in [6, 6.07) is 8.47. The Bertz CT molecular complexity index is 251. The average molecular weight is 148 g/mol. The van der Waals surface area contributed by atoms with Gasteiger partial charge in [0.1, 0.15) is 0 Å². The van der Waals surface area contributed by atoms with Crippen LogP contribution >= 0.6 is 0 Å². The molecule has 0 amide bonds. The smallest absolute Gasteiger partial charge is 0.0385 e. The minimum absolute atomic E-state index is 1.06. The lowest BCUT2D eigenvalue weighted by atomic mass is 10.1. The lowest BCUT2D eigenvalue weighted by Crippen LogP contribution is -1.81. The SMILES string of the molecule is C=C([SiH3])c1cccc(C)c1. The normalized spacial score (nSPS) is 9.70. The summed E-state index contributed by atoms with van der Waals surface area (Å²) in [4.78, 5) is 0. The molecule has 10 heavy (non-hydrogen) atoms. The Morgan fingerprint density at radius 2 is 2.20 bits per heavy atom. The highest BCUT2D eigenvalue weighted by atomic mass is 28.1. The van der Waals surface area contributed by atoms with Crippen molar-refractivity contribution in [1.29, 1.82) is 0 Å². The first-order valence-corrected chi connectivity index (χ1v) is 4.42. The summed E-state index contributed by atoms with van der Waals surface area (Å²) in [5, 5.41) is 1.27. The molecule has 1 heteroatoms. The molecule has 0 fully saturated rings. The molecule has 52 valence electrons. The molecule has 1 rings (SSSR count). The Balaban J connectivity index is 3.07. The van der Waals surface area contributed by atoms with Crippen LogP contribution in [-0.4, -0.2) is 10.2 Å². The monoisotopic (exact) mass is 148 g/mol. The van der Waals surface area contributed by atoms with E-state index in [1.54, 1.807) is 0 Å². The molecule has 0 spiro atoms. The number of hydrogen-bond acceptors (Lipinski definition) is 0. The summed E-state index contributed by atoms with van der Waals surface area (Å²) >= 11 is 0. The van der Waals surface area contributed by atoms with Gasteiger partial charge in [0.05, 0.1) is 0 Å². The molecule has 1 aromatic rings. The van der Waals surface area contributed by atoms with E-state index in [9.17, 15) is 0 Å². The maximum atomic E-state index is 3.93. The summed E-state index contributed by atoms with van der Waals surface area (Å²) in [6.45, 7) is 6.03. The Morgan fingerprint density at radius 1 is 1.50 bits per heavy atom. The molecule has 1 aromatic carbocycles. The molecule has 0 bridgehead atoms. The van der Waals surface area contributed by atoms with Crippen molar-refractivity contribution in [1.82, 2.24) is 0 Å². The van der Waals surface area contributed by atoms with Crippen molar-refractivity contribution in [3.05, 3.63) is 42.0 Å². The van der Waals surface area contributed by atoms with Gasteiger partial charge in [-0.3, -0.25) is 0 Å². The van der Waals surface area contributed by atoms with Gasteiger partial charge in [-0.15, -0.1) is 6.58 Å². The van der Waals surface area contributed by atoms with Gasteiger partial charge in [0, 0.05) is 10.2 Å². The topological polar surface area (TPSA) is 0 Å². The third-order valence-corrected chi connectivity index (χ3v) is 2.09. The molecule has 0 aromatic heterocycles. The first-order valence-electron chi connectivity index (χ1n) is 3.42. The van der Waals surface area contributed by atoms with Crippen LogP contribution in [0, 0.1) is 6.92 Å². The zero-order valence-corrected chi connectivity index (χ0v) is 8.52. The van der Waals surface area contributed by atoms with Gasteiger partial charge in [-0.1, -0.05) is 35.0 Å². The van der Waals surface area contributed by atoms with Crippen molar-refractivity contribution >= 4 is 15.4 Å². The first kappa shape index (κ1) is 7.29. The van der Waals surface area contributed by atoms with Crippen molar-refractivity contribution < 1.29 is 0 Å². The Labute approximate surface area is 65.0 Å². The minimum Gasteiger partial charge on any atom is -0.100 e. The third-order valence-electron chi connectivity index (χ3n) is 1.51. The van der Waals surface area contributed by atoms with E-state index in [-0.39, 0.29) is 0 Å². The van der Waals surface area contributed by atoms with Crippen LogP contribution in [-0.2, 0) is 0 Å². The fourth-order valence-electron chi connectivity index (χ4n) is 0.911. The molecule has 0 nitrogen and oxygen atoms in total. The molecule has 0 aliphatic carbocycles. The van der Waals surface area contributed by atoms with Crippen molar-refractivity contribution in [3.8, 4) is 0 Å². The molecule has 0 radical (unpaired) electrons. The maximum absolute atomic E-state index is 3.93. The van der Waals surface area contributed by atoms with E-state index in [1.165, 1.54) is 16.3 Å². The fourth-order valence-corrected chi connectivity index (χ4v) is 1.22. The highest BCUT2D eigenvalue weighted by molar-refractivity contribution is 6.41. The molecule has 0 saturated heterocycles. The highest BCUT2D eigenvalue weighted by Gasteiger charge is 1.90. The molecule has 0 unspecified atom stereocenters. The van der Waals surface area contributed by atoms with E-state index in [2.05, 4.69) is 37.8 Å². The van der Waals surface area contributed by atoms with Gasteiger partial charge < -0.3 is 0 Å². The van der Waals surface area contributed by atoms with Crippen LogP contribution in [0.5, 0.6) is 0 Å². The largest absolute Gasteiger partial charge is 0.100 e. The van der Waals surface area contributed by atoms with E-state index in [4.69, 9.17) is 0 Å². The summed E-state index contributed by atoms with van der Waals surface area (Å²) in [6.07, 6.45) is 0. The molecule has 0 N–H and O–H groups in total. The summed E-state index contributed by atoms with van der Waals surface area (Å²) in [7, 11) is 1.06. The maximum Gasteiger partial charge on any atom is 0.0385 e. The lowest BCUT2D eigenvalue weighted by molar-refractivity contribution is 1.46. The van der Waals surface area contributed by atoms with Crippen molar-refractivity contribution in [3.63, 3.8) is 0 Å². The second-order valence-corrected chi connectivity index (χ2v) is 3.86. The highest BCUT2D eigenvalue weighted by Crippen LogP contribution is 2.09. The van der Waals surface area contributed by atoms with Gasteiger partial charge >= 0.3 is 0 Å². The van der Waals surface area contributed by atoms with Gasteiger partial charge in [-0.2, -0.15) is 0 Å². The lowest BCUT2D eigenvalue weighted by Gasteiger charge is -1.99. The number of aryl methyl sites for hydroxylation is 1. The molecule has 0 aliphatic rings. The van der Waals surface area contributed by atoms with Gasteiger partial charge in [0.25, 0.3) is 0 Å². The standard InChI is InChI=1S/C9H12Si/c1-7-4-3-5-9(6-7)8(2)10/h3-6H,2H2,1,10H3. The summed E-state index contributed by atoms with van der Waals surface area (Å²) in [5.74, 6) is 0. The third kappa shape index (κ3) is 1.58. The Hall–Kier alpha value is -0.823. The molecule has 0 saturated carbocycles. The zero-order valence-electron chi connectivity index (χ0n) is 6.52. The predicted molar refractivity (Wildman–Crippen MR) is 50.2 cm³/mol. The number of rotatable bonds is 1. The van der Waals surface area contributed by atoms with Crippen LogP contribution in [0.1, 0.15) is 11.1 Å². The summed E-state index contributed by atoms with van der Waals surface area (Å²) in [5.41, 5.74) is 2.61. The Morgan fingerprint density at radius 3 is 2.60 bits per heavy atom. The van der Waals surface area contributed by atoms with Crippen molar-refractivity contribution in [2.45, 2.75) is 6.92 Å². The van der Waals surface area contributed by atoms with Crippen LogP contribution in [0.3, 0.4) is 0 Å². The second-order valence-electron chi connectivity index (χ2n) is 2.65. The summed E-state index contributed by atoms with van der Waals surface area (Å²) < 4.78 is 0. The predicted octanol–water partition coefficient (Wildman–Crippen LogP) is 1.33. The van der Waals surface area contributed by atoms with Crippen LogP contribution < -0.4 is 0 Å². The van der Waals surface area contributed by atoms with Gasteiger partial charge in [0.2, 0.25) is 0 Å². The zero-order chi connectivity index (χ0) is 7.56. The molecule has 0 heterocycles. The van der Waals surface area contributed by atoms with E-state index in [1.807, 2.05) is 0 Å². The molecular weight excluding hydrogens is 136 g/mol.